The molecule has 1 aliphatic heterocycles. The molecule has 0 bridgehead atoms. The summed E-state index contributed by atoms with van der Waals surface area (Å²) >= 11 is 0. The molecule has 0 spiro atoms. The minimum atomic E-state index is 0.182. The molecule has 3 heteroatoms. The van der Waals surface area contributed by atoms with Crippen molar-refractivity contribution in [2.75, 3.05) is 6.54 Å². The van der Waals surface area contributed by atoms with Crippen LogP contribution in [0, 0.1) is 11.8 Å². The molecule has 1 unspecified atom stereocenters. The number of carbonyl (C=O) groups excluding carboxylic acids is 1. The highest BCUT2D eigenvalue weighted by Gasteiger charge is 2.24. The lowest BCUT2D eigenvalue weighted by Crippen LogP contribution is -2.40. The lowest BCUT2D eigenvalue weighted by molar-refractivity contribution is -0.135. The van der Waals surface area contributed by atoms with Crippen LogP contribution in [0.5, 0.6) is 0 Å². The van der Waals surface area contributed by atoms with Gasteiger partial charge in [0.05, 0.1) is 0 Å². The molecule has 1 atom stereocenters. The maximum atomic E-state index is 12.0. The number of unbranched alkanes of at least 4 members (excludes halogenated alkanes) is 6. The van der Waals surface area contributed by atoms with Crippen LogP contribution in [0.4, 0.5) is 0 Å². The quantitative estimate of drug-likeness (QED) is 0.362. The van der Waals surface area contributed by atoms with Gasteiger partial charge < -0.3 is 0 Å². The van der Waals surface area contributed by atoms with Gasteiger partial charge in [-0.15, -0.1) is 0 Å². The number of nitrogens with zero attached hydrogens (tertiary/aromatic N) is 1. The first kappa shape index (κ1) is 18.5. The smallest absolute Gasteiger partial charge is 0.239 e. The Morgan fingerprint density at radius 2 is 1.67 bits per heavy atom. The van der Waals surface area contributed by atoms with Crippen molar-refractivity contribution in [2.45, 2.75) is 90.9 Å². The highest BCUT2D eigenvalue weighted by Crippen LogP contribution is 2.22. The lowest BCUT2D eigenvalue weighted by Gasteiger charge is -2.19. The van der Waals surface area contributed by atoms with Gasteiger partial charge in [0.1, 0.15) is 0 Å². The number of rotatable bonds is 10. The second kappa shape index (κ2) is 11.1. The zero-order chi connectivity index (χ0) is 15.5. The predicted octanol–water partition coefficient (Wildman–Crippen LogP) is 4.66. The molecule has 1 fully saturated rings. The van der Waals surface area contributed by atoms with Gasteiger partial charge in [-0.05, 0) is 25.2 Å². The van der Waals surface area contributed by atoms with Gasteiger partial charge >= 0.3 is 0 Å². The first-order chi connectivity index (χ1) is 10.1. The van der Waals surface area contributed by atoms with Crippen molar-refractivity contribution in [2.24, 2.45) is 17.7 Å². The van der Waals surface area contributed by atoms with Crippen LogP contribution in [-0.4, -0.2) is 17.5 Å². The third kappa shape index (κ3) is 8.45. The molecule has 0 radical (unpaired) electrons. The van der Waals surface area contributed by atoms with Gasteiger partial charge in [0, 0.05) is 12.5 Å². The van der Waals surface area contributed by atoms with Crippen molar-refractivity contribution in [1.29, 1.82) is 0 Å². The molecule has 1 rings (SSSR count). The van der Waals surface area contributed by atoms with E-state index in [1.165, 1.54) is 56.4 Å². The topological polar surface area (TPSA) is 46.3 Å². The summed E-state index contributed by atoms with van der Waals surface area (Å²) in [6.45, 7) is 5.35. The molecular formula is C18H36N2O. The molecule has 21 heavy (non-hydrogen) atoms. The predicted molar refractivity (Wildman–Crippen MR) is 89.6 cm³/mol. The van der Waals surface area contributed by atoms with Gasteiger partial charge in [0.15, 0.2) is 0 Å². The fourth-order valence-corrected chi connectivity index (χ4v) is 3.24. The van der Waals surface area contributed by atoms with Crippen molar-refractivity contribution in [1.82, 2.24) is 5.01 Å². The van der Waals surface area contributed by atoms with E-state index in [1.54, 1.807) is 0 Å². The van der Waals surface area contributed by atoms with Crippen molar-refractivity contribution in [3.05, 3.63) is 0 Å². The van der Waals surface area contributed by atoms with Crippen LogP contribution < -0.4 is 5.84 Å². The number of nitrogens with two attached hydrogens (primary N) is 1. The molecular weight excluding hydrogens is 260 g/mol. The lowest BCUT2D eigenvalue weighted by atomic mass is 9.95. The largest absolute Gasteiger partial charge is 0.280 e. The summed E-state index contributed by atoms with van der Waals surface area (Å²) in [5, 5.41) is 1.45. The van der Waals surface area contributed by atoms with Crippen molar-refractivity contribution in [3.8, 4) is 0 Å². The van der Waals surface area contributed by atoms with Crippen molar-refractivity contribution < 1.29 is 4.79 Å². The minimum Gasteiger partial charge on any atom is -0.280 e. The van der Waals surface area contributed by atoms with Crippen LogP contribution in [-0.2, 0) is 4.79 Å². The van der Waals surface area contributed by atoms with E-state index >= 15 is 0 Å². The summed E-state index contributed by atoms with van der Waals surface area (Å²) in [5.41, 5.74) is 0. The molecule has 0 aromatic heterocycles. The molecule has 2 N–H and O–H groups in total. The number of amides is 1. The van der Waals surface area contributed by atoms with E-state index in [9.17, 15) is 4.79 Å². The normalized spacial score (nSPS) is 20.1. The van der Waals surface area contributed by atoms with Crippen LogP contribution in [0.2, 0.25) is 0 Å². The Labute approximate surface area is 131 Å². The molecule has 0 aliphatic carbocycles. The average Bonchev–Trinajstić information content (AvgIpc) is 2.60. The molecule has 0 aromatic rings. The summed E-state index contributed by atoms with van der Waals surface area (Å²) in [4.78, 5) is 12.0. The second-order valence-corrected chi connectivity index (χ2v) is 7.17. The van der Waals surface area contributed by atoms with E-state index in [-0.39, 0.29) is 11.8 Å². The Bertz CT molecular complexity index is 278. The summed E-state index contributed by atoms with van der Waals surface area (Å²) < 4.78 is 0. The zero-order valence-corrected chi connectivity index (χ0v) is 14.3. The fraction of sp³-hybridized carbons (Fsp3) is 0.944. The third-order valence-electron chi connectivity index (χ3n) is 4.67. The average molecular weight is 296 g/mol. The van der Waals surface area contributed by atoms with Crippen LogP contribution in [0.1, 0.15) is 90.9 Å². The van der Waals surface area contributed by atoms with E-state index < -0.39 is 0 Å². The maximum absolute atomic E-state index is 12.0. The van der Waals surface area contributed by atoms with Gasteiger partial charge in [0.25, 0.3) is 0 Å². The van der Waals surface area contributed by atoms with Crippen LogP contribution >= 0.6 is 0 Å². The standard InChI is InChI=1S/C18H36N2O/c1-16(2)12-8-6-4-3-5-7-9-13-17-14-10-11-15-20(19)18(17)21/h16-17H,3-15,19H2,1-2H3. The van der Waals surface area contributed by atoms with E-state index in [4.69, 9.17) is 5.84 Å². The monoisotopic (exact) mass is 296 g/mol. The van der Waals surface area contributed by atoms with Crippen molar-refractivity contribution >= 4 is 5.91 Å². The molecule has 1 aliphatic rings. The number of hydrogen-bond donors (Lipinski definition) is 1. The van der Waals surface area contributed by atoms with Gasteiger partial charge in [0.2, 0.25) is 5.91 Å². The number of carbonyl (C=O) groups is 1. The summed E-state index contributed by atoms with van der Waals surface area (Å²) in [5.74, 6) is 7.00. The highest BCUT2D eigenvalue weighted by molar-refractivity contribution is 5.78. The first-order valence-corrected chi connectivity index (χ1v) is 9.17. The number of hydrogen-bond acceptors (Lipinski definition) is 2. The van der Waals surface area contributed by atoms with E-state index in [2.05, 4.69) is 13.8 Å². The van der Waals surface area contributed by atoms with Gasteiger partial charge in [-0.2, -0.15) is 0 Å². The summed E-state index contributed by atoms with van der Waals surface area (Å²) in [7, 11) is 0. The molecule has 1 saturated heterocycles. The molecule has 1 heterocycles. The summed E-state index contributed by atoms with van der Waals surface area (Å²) in [6, 6.07) is 0. The van der Waals surface area contributed by atoms with Crippen molar-refractivity contribution in [3.63, 3.8) is 0 Å². The Kier molecular flexibility index (Phi) is 9.73. The Morgan fingerprint density at radius 1 is 1.05 bits per heavy atom. The van der Waals surface area contributed by atoms with E-state index in [0.29, 0.717) is 0 Å². The van der Waals surface area contributed by atoms with Gasteiger partial charge in [-0.25, -0.2) is 5.84 Å². The zero-order valence-electron chi connectivity index (χ0n) is 14.3. The highest BCUT2D eigenvalue weighted by atomic mass is 16.2. The fourth-order valence-electron chi connectivity index (χ4n) is 3.24. The molecule has 0 aromatic carbocycles. The Balaban J connectivity index is 1.97. The van der Waals surface area contributed by atoms with Gasteiger partial charge in [-0.3, -0.25) is 9.80 Å². The molecule has 3 nitrogen and oxygen atoms in total. The molecule has 1 amide bonds. The van der Waals surface area contributed by atoms with Crippen LogP contribution in [0.15, 0.2) is 0 Å². The summed E-state index contributed by atoms with van der Waals surface area (Å²) in [6.07, 6.45) is 15.0. The van der Waals surface area contributed by atoms with Crippen LogP contribution in [0.25, 0.3) is 0 Å². The Hall–Kier alpha value is -0.570. The SMILES string of the molecule is CC(C)CCCCCCCCCC1CCCCN(N)C1=O. The maximum Gasteiger partial charge on any atom is 0.239 e. The van der Waals surface area contributed by atoms with Crippen LogP contribution in [0.3, 0.4) is 0 Å². The Morgan fingerprint density at radius 3 is 2.33 bits per heavy atom. The first-order valence-electron chi connectivity index (χ1n) is 9.17. The van der Waals surface area contributed by atoms with E-state index in [0.717, 1.165) is 38.1 Å². The van der Waals surface area contributed by atoms with E-state index in [1.807, 2.05) is 0 Å². The third-order valence-corrected chi connectivity index (χ3v) is 4.67. The number of hydrazine groups is 1. The minimum absolute atomic E-state index is 0.182. The molecule has 124 valence electrons. The second-order valence-electron chi connectivity index (χ2n) is 7.17. The van der Waals surface area contributed by atoms with Gasteiger partial charge in [-0.1, -0.05) is 71.6 Å². The molecule has 0 saturated carbocycles.